The normalized spacial score (nSPS) is 10.8. The number of hydrogen-bond donors (Lipinski definition) is 1. The molecule has 0 aliphatic rings. The standard InChI is InChI=1S/C24H51N.HNO3/c1-4-7-10-13-16-19-22-25(23-20-17-14-11-8-5-2)24-21-18-15-12-9-6-3;2-1(3)4/h4-24H2,1-3H3;(H,2,3,4). The number of rotatable bonds is 21. The van der Waals surface area contributed by atoms with Crippen molar-refractivity contribution < 1.29 is 10.3 Å². The lowest BCUT2D eigenvalue weighted by Gasteiger charge is -2.22. The average molecular weight is 417 g/mol. The first kappa shape index (κ1) is 30.4. The highest BCUT2D eigenvalue weighted by Gasteiger charge is 2.05. The summed E-state index contributed by atoms with van der Waals surface area (Å²) in [5.74, 6) is 0. The highest BCUT2D eigenvalue weighted by atomic mass is 16.9. The molecule has 5 nitrogen and oxygen atoms in total. The lowest BCUT2D eigenvalue weighted by molar-refractivity contribution is -0.742. The van der Waals surface area contributed by atoms with Gasteiger partial charge in [0, 0.05) is 0 Å². The lowest BCUT2D eigenvalue weighted by Crippen LogP contribution is -2.27. The van der Waals surface area contributed by atoms with Crippen LogP contribution in [0.4, 0.5) is 0 Å². The molecule has 5 heteroatoms. The van der Waals surface area contributed by atoms with Gasteiger partial charge in [-0.1, -0.05) is 117 Å². The molecule has 0 saturated heterocycles. The minimum Gasteiger partial charge on any atom is -0.328 e. The second-order valence-electron chi connectivity index (χ2n) is 8.38. The second-order valence-corrected chi connectivity index (χ2v) is 8.38. The van der Waals surface area contributed by atoms with Crippen LogP contribution >= 0.6 is 0 Å². The van der Waals surface area contributed by atoms with E-state index in [1.54, 1.807) is 0 Å². The first-order valence-corrected chi connectivity index (χ1v) is 12.6. The Balaban J connectivity index is 0. The summed E-state index contributed by atoms with van der Waals surface area (Å²) >= 11 is 0. The van der Waals surface area contributed by atoms with Crippen molar-refractivity contribution in [1.29, 1.82) is 0 Å². The van der Waals surface area contributed by atoms with Crippen LogP contribution in [0.15, 0.2) is 0 Å². The molecule has 0 unspecified atom stereocenters. The molecule has 0 aliphatic carbocycles. The van der Waals surface area contributed by atoms with Crippen molar-refractivity contribution in [3.05, 3.63) is 10.1 Å². The third-order valence-electron chi connectivity index (χ3n) is 5.48. The largest absolute Gasteiger partial charge is 0.328 e. The van der Waals surface area contributed by atoms with Gasteiger partial charge in [-0.25, -0.2) is 0 Å². The monoisotopic (exact) mass is 416 g/mol. The van der Waals surface area contributed by atoms with Gasteiger partial charge in [0.15, 0.2) is 0 Å². The van der Waals surface area contributed by atoms with E-state index in [1.807, 2.05) is 0 Å². The summed E-state index contributed by atoms with van der Waals surface area (Å²) in [6.07, 6.45) is 25.7. The maximum atomic E-state index is 8.36. The molecule has 0 aromatic carbocycles. The van der Waals surface area contributed by atoms with Crippen LogP contribution in [0, 0.1) is 10.1 Å². The molecule has 0 spiro atoms. The van der Waals surface area contributed by atoms with Crippen LogP contribution in [0.5, 0.6) is 0 Å². The van der Waals surface area contributed by atoms with E-state index >= 15 is 0 Å². The van der Waals surface area contributed by atoms with Crippen LogP contribution in [0.3, 0.4) is 0 Å². The van der Waals surface area contributed by atoms with Crippen molar-refractivity contribution in [2.45, 2.75) is 136 Å². The first-order chi connectivity index (χ1) is 14.1. The first-order valence-electron chi connectivity index (χ1n) is 12.6. The molecule has 0 bridgehead atoms. The van der Waals surface area contributed by atoms with Crippen LogP contribution in [0.2, 0.25) is 0 Å². The Hall–Kier alpha value is -0.840. The molecule has 0 radical (unpaired) electrons. The molecular formula is C24H52N2O3. The Kier molecular flexibility index (Phi) is 28.4. The highest BCUT2D eigenvalue weighted by molar-refractivity contribution is 4.60. The third-order valence-corrected chi connectivity index (χ3v) is 5.48. The molecule has 0 saturated carbocycles. The van der Waals surface area contributed by atoms with E-state index in [0.717, 1.165) is 0 Å². The van der Waals surface area contributed by atoms with Crippen molar-refractivity contribution in [3.8, 4) is 0 Å². The van der Waals surface area contributed by atoms with Crippen LogP contribution in [-0.2, 0) is 0 Å². The van der Waals surface area contributed by atoms with Gasteiger partial charge in [0.25, 0.3) is 5.09 Å². The molecule has 0 aliphatic heterocycles. The quantitative estimate of drug-likeness (QED) is 0.117. The van der Waals surface area contributed by atoms with Crippen molar-refractivity contribution in [3.63, 3.8) is 0 Å². The van der Waals surface area contributed by atoms with Gasteiger partial charge in [-0.3, -0.25) is 0 Å². The molecule has 176 valence electrons. The maximum absolute atomic E-state index is 8.36. The molecule has 0 amide bonds. The molecule has 0 rings (SSSR count). The van der Waals surface area contributed by atoms with E-state index in [0.29, 0.717) is 0 Å². The van der Waals surface area contributed by atoms with Gasteiger partial charge < -0.3 is 10.1 Å². The van der Waals surface area contributed by atoms with Crippen LogP contribution in [0.25, 0.3) is 0 Å². The summed E-state index contributed by atoms with van der Waals surface area (Å²) in [6, 6.07) is 0. The van der Waals surface area contributed by atoms with Crippen molar-refractivity contribution in [1.82, 2.24) is 4.90 Å². The Labute approximate surface area is 181 Å². The molecule has 0 heterocycles. The van der Waals surface area contributed by atoms with Gasteiger partial charge in [0.05, 0.1) is 0 Å². The number of hydrogen-bond acceptors (Lipinski definition) is 3. The lowest BCUT2D eigenvalue weighted by atomic mass is 10.1. The van der Waals surface area contributed by atoms with E-state index in [1.165, 1.54) is 135 Å². The van der Waals surface area contributed by atoms with Crippen LogP contribution in [0.1, 0.15) is 136 Å². The molecular weight excluding hydrogens is 364 g/mol. The molecule has 29 heavy (non-hydrogen) atoms. The Bertz CT molecular complexity index is 272. The van der Waals surface area contributed by atoms with Gasteiger partial charge in [-0.15, -0.1) is 10.1 Å². The maximum Gasteiger partial charge on any atom is 0.291 e. The summed E-state index contributed by atoms with van der Waals surface area (Å²) in [5, 5.41) is 13.6. The van der Waals surface area contributed by atoms with Gasteiger partial charge in [0.1, 0.15) is 0 Å². The fraction of sp³-hybridized carbons (Fsp3) is 1.00. The summed E-state index contributed by atoms with van der Waals surface area (Å²) < 4.78 is 0. The van der Waals surface area contributed by atoms with E-state index < -0.39 is 5.09 Å². The fourth-order valence-corrected chi connectivity index (χ4v) is 3.68. The Morgan fingerprint density at radius 3 is 1.00 bits per heavy atom. The third kappa shape index (κ3) is 32.1. The van der Waals surface area contributed by atoms with Gasteiger partial charge >= 0.3 is 0 Å². The predicted octanol–water partition coefficient (Wildman–Crippen LogP) is 8.02. The van der Waals surface area contributed by atoms with Crippen LogP contribution in [-0.4, -0.2) is 34.8 Å². The van der Waals surface area contributed by atoms with Crippen molar-refractivity contribution in [2.24, 2.45) is 0 Å². The molecule has 0 aromatic heterocycles. The smallest absolute Gasteiger partial charge is 0.291 e. The minimum absolute atomic E-state index is 1.36. The Morgan fingerprint density at radius 2 is 0.759 bits per heavy atom. The second kappa shape index (κ2) is 27.2. The van der Waals surface area contributed by atoms with E-state index in [9.17, 15) is 0 Å². The number of nitrogens with zero attached hydrogens (tertiary/aromatic N) is 2. The predicted molar refractivity (Wildman–Crippen MR) is 125 cm³/mol. The highest BCUT2D eigenvalue weighted by Crippen LogP contribution is 2.11. The van der Waals surface area contributed by atoms with E-state index in [2.05, 4.69) is 25.7 Å². The number of unbranched alkanes of at least 4 members (excludes halogenated alkanes) is 15. The minimum atomic E-state index is -1.50. The molecule has 1 N–H and O–H groups in total. The van der Waals surface area contributed by atoms with Gasteiger partial charge in [0.2, 0.25) is 0 Å². The van der Waals surface area contributed by atoms with Gasteiger partial charge in [-0.05, 0) is 38.9 Å². The topological polar surface area (TPSA) is 66.6 Å². The fourth-order valence-electron chi connectivity index (χ4n) is 3.68. The molecule has 0 fully saturated rings. The summed E-state index contributed by atoms with van der Waals surface area (Å²) in [5.41, 5.74) is 0. The van der Waals surface area contributed by atoms with E-state index in [-0.39, 0.29) is 0 Å². The zero-order chi connectivity index (χ0) is 22.0. The van der Waals surface area contributed by atoms with Crippen LogP contribution < -0.4 is 0 Å². The molecule has 0 atom stereocenters. The zero-order valence-electron chi connectivity index (χ0n) is 20.0. The molecule has 0 aromatic rings. The Morgan fingerprint density at radius 1 is 0.552 bits per heavy atom. The van der Waals surface area contributed by atoms with Crippen molar-refractivity contribution >= 4 is 0 Å². The summed E-state index contributed by atoms with van der Waals surface area (Å²) in [7, 11) is 0. The zero-order valence-corrected chi connectivity index (χ0v) is 20.0. The van der Waals surface area contributed by atoms with Gasteiger partial charge in [-0.2, -0.15) is 0 Å². The summed E-state index contributed by atoms with van der Waals surface area (Å²) in [6.45, 7) is 11.0. The van der Waals surface area contributed by atoms with Crippen molar-refractivity contribution in [2.75, 3.05) is 19.6 Å². The summed E-state index contributed by atoms with van der Waals surface area (Å²) in [4.78, 5) is 11.2. The van der Waals surface area contributed by atoms with E-state index in [4.69, 9.17) is 15.3 Å². The SMILES string of the molecule is CCCCCCCCN(CCCCCCCC)CCCCCCCC.O=[N+]([O-])O. The average Bonchev–Trinajstić information content (AvgIpc) is 2.68.